The summed E-state index contributed by atoms with van der Waals surface area (Å²) >= 11 is 1.65. The lowest BCUT2D eigenvalue weighted by Crippen LogP contribution is -2.37. The third kappa shape index (κ3) is 4.54. The van der Waals surface area contributed by atoms with E-state index < -0.39 is 0 Å². The van der Waals surface area contributed by atoms with Crippen LogP contribution in [0, 0.1) is 0 Å². The first-order chi connectivity index (χ1) is 8.99. The first-order valence-electron chi connectivity index (χ1n) is 6.44. The Hall–Kier alpha value is -1.01. The van der Waals surface area contributed by atoms with E-state index in [9.17, 15) is 4.79 Å². The van der Waals surface area contributed by atoms with E-state index in [4.69, 9.17) is 5.11 Å². The van der Waals surface area contributed by atoms with Gasteiger partial charge in [0.05, 0.1) is 0 Å². The number of rotatable bonds is 7. The second-order valence-electron chi connectivity index (χ2n) is 4.87. The largest absolute Gasteiger partial charge is 0.396 e. The summed E-state index contributed by atoms with van der Waals surface area (Å²) in [7, 11) is 1.85. The molecule has 0 bridgehead atoms. The number of aromatic nitrogens is 2. The molecule has 1 aromatic rings. The van der Waals surface area contributed by atoms with Gasteiger partial charge in [-0.1, -0.05) is 13.8 Å². The van der Waals surface area contributed by atoms with Crippen LogP contribution < -0.4 is 5.32 Å². The van der Waals surface area contributed by atoms with E-state index in [0.29, 0.717) is 18.0 Å². The van der Waals surface area contributed by atoms with Crippen molar-refractivity contribution in [3.8, 4) is 0 Å². The standard InChI is InChI=1S/C13H23N3O2S/c1-9(2)12-7-11(15-16(12)3)13(18)14-10(5-6-17)8-19-4/h7,9-10,17H,5-6,8H2,1-4H3,(H,14,18). The highest BCUT2D eigenvalue weighted by molar-refractivity contribution is 7.98. The van der Waals surface area contributed by atoms with E-state index in [2.05, 4.69) is 24.3 Å². The summed E-state index contributed by atoms with van der Waals surface area (Å²) in [5.74, 6) is 0.949. The number of amides is 1. The van der Waals surface area contributed by atoms with Crippen molar-refractivity contribution in [2.45, 2.75) is 32.2 Å². The van der Waals surface area contributed by atoms with Crippen molar-refractivity contribution in [2.75, 3.05) is 18.6 Å². The molecule has 19 heavy (non-hydrogen) atoms. The first kappa shape index (κ1) is 16.0. The molecule has 1 heterocycles. The molecule has 1 aromatic heterocycles. The van der Waals surface area contributed by atoms with Gasteiger partial charge in [0, 0.05) is 31.1 Å². The molecule has 0 saturated heterocycles. The molecule has 0 fully saturated rings. The number of nitrogens with zero attached hydrogens (tertiary/aromatic N) is 2. The zero-order valence-electron chi connectivity index (χ0n) is 12.0. The summed E-state index contributed by atoms with van der Waals surface area (Å²) in [5.41, 5.74) is 1.48. The summed E-state index contributed by atoms with van der Waals surface area (Å²) in [4.78, 5) is 12.1. The minimum atomic E-state index is -0.171. The SMILES string of the molecule is CSCC(CCO)NC(=O)c1cc(C(C)C)n(C)n1. The van der Waals surface area contributed by atoms with Crippen LogP contribution in [0.4, 0.5) is 0 Å². The maximum absolute atomic E-state index is 12.1. The number of thioether (sulfide) groups is 1. The smallest absolute Gasteiger partial charge is 0.272 e. The number of hydrogen-bond acceptors (Lipinski definition) is 4. The predicted molar refractivity (Wildman–Crippen MR) is 78.6 cm³/mol. The van der Waals surface area contributed by atoms with Gasteiger partial charge in [0.15, 0.2) is 0 Å². The summed E-state index contributed by atoms with van der Waals surface area (Å²) in [6.45, 7) is 4.22. The van der Waals surface area contributed by atoms with E-state index in [0.717, 1.165) is 11.4 Å². The van der Waals surface area contributed by atoms with Crippen molar-refractivity contribution in [2.24, 2.45) is 7.05 Å². The second kappa shape index (κ2) is 7.55. The minimum absolute atomic E-state index is 0.0167. The van der Waals surface area contributed by atoms with E-state index in [1.54, 1.807) is 16.4 Å². The van der Waals surface area contributed by atoms with Crippen LogP contribution in [0.2, 0.25) is 0 Å². The number of carbonyl (C=O) groups is 1. The molecule has 0 aliphatic rings. The fourth-order valence-electron chi connectivity index (χ4n) is 1.95. The van der Waals surface area contributed by atoms with Crippen LogP contribution in [0.25, 0.3) is 0 Å². The van der Waals surface area contributed by atoms with Gasteiger partial charge in [-0.25, -0.2) is 0 Å². The molecular formula is C13H23N3O2S. The van der Waals surface area contributed by atoms with Gasteiger partial charge in [0.1, 0.15) is 5.69 Å². The van der Waals surface area contributed by atoms with Crippen LogP contribution >= 0.6 is 11.8 Å². The fourth-order valence-corrected chi connectivity index (χ4v) is 2.60. The Kier molecular flexibility index (Phi) is 6.37. The van der Waals surface area contributed by atoms with Crippen molar-refractivity contribution < 1.29 is 9.90 Å². The van der Waals surface area contributed by atoms with Crippen molar-refractivity contribution >= 4 is 17.7 Å². The molecule has 6 heteroatoms. The number of aryl methyl sites for hydroxylation is 1. The lowest BCUT2D eigenvalue weighted by molar-refractivity contribution is 0.0929. The van der Waals surface area contributed by atoms with Gasteiger partial charge in [-0.3, -0.25) is 9.48 Å². The molecule has 0 aliphatic carbocycles. The van der Waals surface area contributed by atoms with Crippen LogP contribution in [0.1, 0.15) is 42.4 Å². The molecule has 0 aromatic carbocycles. The molecule has 1 amide bonds. The van der Waals surface area contributed by atoms with Gasteiger partial charge < -0.3 is 10.4 Å². The number of hydrogen-bond donors (Lipinski definition) is 2. The van der Waals surface area contributed by atoms with E-state index >= 15 is 0 Å². The zero-order valence-corrected chi connectivity index (χ0v) is 12.8. The summed E-state index contributed by atoms with van der Waals surface area (Å²) < 4.78 is 1.75. The van der Waals surface area contributed by atoms with Gasteiger partial charge in [-0.2, -0.15) is 16.9 Å². The van der Waals surface area contributed by atoms with E-state index in [1.165, 1.54) is 0 Å². The summed E-state index contributed by atoms with van der Waals surface area (Å²) in [6, 6.07) is 1.81. The number of carbonyl (C=O) groups excluding carboxylic acids is 1. The lowest BCUT2D eigenvalue weighted by atomic mass is 10.1. The van der Waals surface area contributed by atoms with E-state index in [1.807, 2.05) is 19.4 Å². The van der Waals surface area contributed by atoms with Crippen LogP contribution in [-0.4, -0.2) is 45.5 Å². The summed E-state index contributed by atoms with van der Waals surface area (Å²) in [6.07, 6.45) is 2.55. The van der Waals surface area contributed by atoms with Gasteiger partial charge >= 0.3 is 0 Å². The minimum Gasteiger partial charge on any atom is -0.396 e. The Morgan fingerprint density at radius 1 is 1.58 bits per heavy atom. The van der Waals surface area contributed by atoms with Crippen molar-refractivity contribution in [1.29, 1.82) is 0 Å². The Balaban J connectivity index is 2.74. The summed E-state index contributed by atoms with van der Waals surface area (Å²) in [5, 5.41) is 16.1. The van der Waals surface area contributed by atoms with Crippen molar-refractivity contribution in [3.63, 3.8) is 0 Å². The molecule has 2 N–H and O–H groups in total. The van der Waals surface area contributed by atoms with Crippen LogP contribution in [0.15, 0.2) is 6.07 Å². The number of nitrogens with one attached hydrogen (secondary N) is 1. The lowest BCUT2D eigenvalue weighted by Gasteiger charge is -2.15. The van der Waals surface area contributed by atoms with Crippen molar-refractivity contribution in [1.82, 2.24) is 15.1 Å². The predicted octanol–water partition coefficient (Wildman–Crippen LogP) is 1.39. The highest BCUT2D eigenvalue weighted by atomic mass is 32.2. The third-order valence-electron chi connectivity index (χ3n) is 2.92. The monoisotopic (exact) mass is 285 g/mol. The average molecular weight is 285 g/mol. The quantitative estimate of drug-likeness (QED) is 0.794. The van der Waals surface area contributed by atoms with E-state index in [-0.39, 0.29) is 18.6 Å². The molecule has 1 rings (SSSR count). The van der Waals surface area contributed by atoms with Crippen LogP contribution in [-0.2, 0) is 7.05 Å². The van der Waals surface area contributed by atoms with Gasteiger partial charge in [0.25, 0.3) is 5.91 Å². The van der Waals surface area contributed by atoms with Gasteiger partial charge in [-0.15, -0.1) is 0 Å². The first-order valence-corrected chi connectivity index (χ1v) is 7.83. The molecule has 0 aliphatic heterocycles. The van der Waals surface area contributed by atoms with Gasteiger partial charge in [0.2, 0.25) is 0 Å². The molecule has 5 nitrogen and oxygen atoms in total. The molecule has 1 unspecified atom stereocenters. The third-order valence-corrected chi connectivity index (χ3v) is 3.66. The molecule has 0 spiro atoms. The molecule has 108 valence electrons. The highest BCUT2D eigenvalue weighted by Crippen LogP contribution is 2.15. The maximum atomic E-state index is 12.1. The Morgan fingerprint density at radius 2 is 2.26 bits per heavy atom. The average Bonchev–Trinajstić information content (AvgIpc) is 2.72. The molecule has 0 saturated carbocycles. The molecular weight excluding hydrogens is 262 g/mol. The Labute approximate surface area is 118 Å². The second-order valence-corrected chi connectivity index (χ2v) is 5.78. The molecule has 1 atom stereocenters. The topological polar surface area (TPSA) is 67.2 Å². The van der Waals surface area contributed by atoms with Crippen LogP contribution in [0.5, 0.6) is 0 Å². The van der Waals surface area contributed by atoms with Gasteiger partial charge in [-0.05, 0) is 24.7 Å². The number of aliphatic hydroxyl groups excluding tert-OH is 1. The normalized spacial score (nSPS) is 12.7. The zero-order chi connectivity index (χ0) is 14.4. The molecule has 0 radical (unpaired) electrons. The number of aliphatic hydroxyl groups is 1. The van der Waals surface area contributed by atoms with Crippen molar-refractivity contribution in [3.05, 3.63) is 17.5 Å². The Morgan fingerprint density at radius 3 is 2.74 bits per heavy atom. The fraction of sp³-hybridized carbons (Fsp3) is 0.692. The maximum Gasteiger partial charge on any atom is 0.272 e. The van der Waals surface area contributed by atoms with Crippen LogP contribution in [0.3, 0.4) is 0 Å². The highest BCUT2D eigenvalue weighted by Gasteiger charge is 2.17. The Bertz CT molecular complexity index is 412.